The number of ether oxygens (including phenoxy) is 3. The summed E-state index contributed by atoms with van der Waals surface area (Å²) in [6.07, 6.45) is 2.71. The number of anilines is 1. The Morgan fingerprint density at radius 3 is 2.76 bits per heavy atom. The van der Waals surface area contributed by atoms with Crippen LogP contribution in [0.4, 0.5) is 5.00 Å². The molecule has 0 radical (unpaired) electrons. The number of carbonyl (C=O) groups is 3. The van der Waals surface area contributed by atoms with Crippen molar-refractivity contribution in [2.24, 2.45) is 4.99 Å². The summed E-state index contributed by atoms with van der Waals surface area (Å²) < 4.78 is 18.7. The lowest BCUT2D eigenvalue weighted by molar-refractivity contribution is -0.115. The number of hydrogen-bond acceptors (Lipinski definition) is 9. The molecule has 1 aromatic carbocycles. The molecule has 1 aliphatic carbocycles. The number of thioether (sulfide) groups is 1. The van der Waals surface area contributed by atoms with Gasteiger partial charge in [-0.3, -0.25) is 9.59 Å². The molecule has 0 spiro atoms. The van der Waals surface area contributed by atoms with Crippen molar-refractivity contribution in [2.45, 2.75) is 32.7 Å². The van der Waals surface area contributed by atoms with E-state index in [1.807, 2.05) is 29.7 Å². The Morgan fingerprint density at radius 1 is 1.16 bits per heavy atom. The Balaban J connectivity index is 1.41. The third-order valence-electron chi connectivity index (χ3n) is 5.73. The molecule has 37 heavy (non-hydrogen) atoms. The van der Waals surface area contributed by atoms with Gasteiger partial charge in [-0.15, -0.1) is 23.1 Å². The second kappa shape index (κ2) is 12.7. The van der Waals surface area contributed by atoms with E-state index < -0.39 is 5.97 Å². The third-order valence-corrected chi connectivity index (χ3v) is 8.89. The van der Waals surface area contributed by atoms with Crippen molar-refractivity contribution in [2.75, 3.05) is 44.3 Å². The van der Waals surface area contributed by atoms with Crippen molar-refractivity contribution in [3.63, 3.8) is 0 Å². The van der Waals surface area contributed by atoms with Gasteiger partial charge in [0.1, 0.15) is 10.8 Å². The van der Waals surface area contributed by atoms with Crippen molar-refractivity contribution in [1.82, 2.24) is 4.57 Å². The number of rotatable bonds is 11. The molecule has 2 aromatic heterocycles. The van der Waals surface area contributed by atoms with E-state index in [0.29, 0.717) is 35.1 Å². The van der Waals surface area contributed by atoms with Gasteiger partial charge in [-0.1, -0.05) is 11.3 Å². The third kappa shape index (κ3) is 6.43. The number of benzene rings is 1. The summed E-state index contributed by atoms with van der Waals surface area (Å²) in [5.74, 6) is -0.149. The number of thiazole rings is 1. The second-order valence-electron chi connectivity index (χ2n) is 8.19. The molecule has 2 amide bonds. The zero-order chi connectivity index (χ0) is 26.4. The van der Waals surface area contributed by atoms with Gasteiger partial charge in [0.25, 0.3) is 5.91 Å². The second-order valence-corrected chi connectivity index (χ2v) is 11.3. The lowest BCUT2D eigenvalue weighted by atomic mass is 10.1. The highest BCUT2D eigenvalue weighted by molar-refractivity contribution is 8.00. The molecule has 0 bridgehead atoms. The maximum Gasteiger partial charge on any atom is 0.341 e. The van der Waals surface area contributed by atoms with Crippen LogP contribution in [0, 0.1) is 0 Å². The summed E-state index contributed by atoms with van der Waals surface area (Å²) in [5.41, 5.74) is 2.39. The Bertz CT molecular complexity index is 1370. The zero-order valence-electron chi connectivity index (χ0n) is 21.0. The number of aromatic nitrogens is 1. The highest BCUT2D eigenvalue weighted by Crippen LogP contribution is 2.39. The molecule has 3 aromatic rings. The first kappa shape index (κ1) is 27.4. The van der Waals surface area contributed by atoms with Crippen LogP contribution in [0.1, 0.15) is 34.1 Å². The molecular weight excluding hydrogens is 534 g/mol. The van der Waals surface area contributed by atoms with Crippen LogP contribution in [0.5, 0.6) is 5.75 Å². The van der Waals surface area contributed by atoms with Crippen LogP contribution >= 0.6 is 34.4 Å². The highest BCUT2D eigenvalue weighted by Gasteiger charge is 2.28. The Hall–Kier alpha value is -2.67. The van der Waals surface area contributed by atoms with E-state index in [2.05, 4.69) is 10.3 Å². The van der Waals surface area contributed by atoms with Crippen molar-refractivity contribution < 1.29 is 28.6 Å². The first-order valence-electron chi connectivity index (χ1n) is 11.9. The number of amides is 2. The van der Waals surface area contributed by atoms with E-state index in [1.165, 1.54) is 41.5 Å². The predicted octanol–water partition coefficient (Wildman–Crippen LogP) is 3.88. The number of hydrogen-bond donors (Lipinski definition) is 1. The lowest BCUT2D eigenvalue weighted by Crippen LogP contribution is -2.20. The fourth-order valence-corrected chi connectivity index (χ4v) is 7.13. The minimum absolute atomic E-state index is 0.0565. The SMILES string of the molecule is CCOc1ccc2c(c1)sc(=NC(=O)CSCC(=O)Nc1sc3c(c1C(=O)OC)CCC3)n2CCOC. The van der Waals surface area contributed by atoms with Gasteiger partial charge in [-0.25, -0.2) is 4.79 Å². The summed E-state index contributed by atoms with van der Waals surface area (Å²) in [6.45, 7) is 3.54. The van der Waals surface area contributed by atoms with E-state index in [0.717, 1.165) is 45.7 Å². The van der Waals surface area contributed by atoms with Crippen molar-refractivity contribution >= 4 is 67.4 Å². The fraction of sp³-hybridized carbons (Fsp3) is 0.440. The molecule has 0 fully saturated rings. The maximum atomic E-state index is 12.7. The average molecular weight is 564 g/mol. The lowest BCUT2D eigenvalue weighted by Gasteiger charge is -2.07. The standard InChI is InChI=1S/C25H29N3O6S3/c1-4-34-15-8-9-17-19(12-15)37-25(28(17)10-11-32-2)27-21(30)14-35-13-20(29)26-23-22(24(31)33-3)16-6-5-7-18(16)36-23/h8-9,12H,4-7,10-11,13-14H2,1-3H3,(H,26,29). The summed E-state index contributed by atoms with van der Waals surface area (Å²) in [7, 11) is 2.97. The van der Waals surface area contributed by atoms with Crippen LogP contribution in [0.3, 0.4) is 0 Å². The van der Waals surface area contributed by atoms with Gasteiger partial charge in [0.2, 0.25) is 5.91 Å². The Morgan fingerprint density at radius 2 is 2.00 bits per heavy atom. The minimum atomic E-state index is -0.435. The molecule has 0 saturated heterocycles. The molecule has 2 heterocycles. The normalized spacial score (nSPS) is 13.1. The summed E-state index contributed by atoms with van der Waals surface area (Å²) >= 11 is 4.02. The van der Waals surface area contributed by atoms with Gasteiger partial charge in [-0.05, 0) is 49.9 Å². The van der Waals surface area contributed by atoms with E-state index in [1.54, 1.807) is 7.11 Å². The number of thiophene rings is 1. The largest absolute Gasteiger partial charge is 0.494 e. The molecule has 198 valence electrons. The summed E-state index contributed by atoms with van der Waals surface area (Å²) in [4.78, 5) is 43.5. The zero-order valence-corrected chi connectivity index (χ0v) is 23.4. The van der Waals surface area contributed by atoms with Gasteiger partial charge in [0.05, 0.1) is 47.6 Å². The quantitative estimate of drug-likeness (QED) is 0.353. The predicted molar refractivity (Wildman–Crippen MR) is 147 cm³/mol. The van der Waals surface area contributed by atoms with E-state index in [9.17, 15) is 14.4 Å². The first-order valence-corrected chi connectivity index (χ1v) is 14.7. The van der Waals surface area contributed by atoms with E-state index in [4.69, 9.17) is 14.2 Å². The average Bonchev–Trinajstić information content (AvgIpc) is 3.55. The number of nitrogens with one attached hydrogen (secondary N) is 1. The maximum absolute atomic E-state index is 12.7. The van der Waals surface area contributed by atoms with Crippen LogP contribution in [-0.2, 0) is 38.4 Å². The van der Waals surface area contributed by atoms with Crippen LogP contribution in [0.25, 0.3) is 10.2 Å². The number of nitrogens with zero attached hydrogens (tertiary/aromatic N) is 2. The van der Waals surface area contributed by atoms with Crippen molar-refractivity contribution in [1.29, 1.82) is 0 Å². The Labute approximate surface area is 226 Å². The summed E-state index contributed by atoms with van der Waals surface area (Å²) in [5, 5.41) is 3.35. The van der Waals surface area contributed by atoms with Crippen LogP contribution in [0.15, 0.2) is 23.2 Å². The summed E-state index contributed by atoms with van der Waals surface area (Å²) in [6, 6.07) is 5.80. The molecule has 1 aliphatic rings. The van der Waals surface area contributed by atoms with Crippen LogP contribution in [-0.4, -0.2) is 61.3 Å². The highest BCUT2D eigenvalue weighted by atomic mass is 32.2. The topological polar surface area (TPSA) is 108 Å². The molecule has 0 aliphatic heterocycles. The number of methoxy groups -OCH3 is 2. The molecule has 0 saturated carbocycles. The van der Waals surface area contributed by atoms with Crippen molar-refractivity contribution in [3.8, 4) is 5.75 Å². The number of aryl methyl sites for hydroxylation is 1. The van der Waals surface area contributed by atoms with Crippen LogP contribution in [0.2, 0.25) is 0 Å². The van der Waals surface area contributed by atoms with Crippen molar-refractivity contribution in [3.05, 3.63) is 39.0 Å². The van der Waals surface area contributed by atoms with Gasteiger partial charge >= 0.3 is 5.97 Å². The Kier molecular flexibility index (Phi) is 9.41. The smallest absolute Gasteiger partial charge is 0.341 e. The van der Waals surface area contributed by atoms with E-state index >= 15 is 0 Å². The molecule has 4 rings (SSSR count). The monoisotopic (exact) mass is 563 g/mol. The molecule has 9 nitrogen and oxygen atoms in total. The van der Waals surface area contributed by atoms with E-state index in [-0.39, 0.29) is 23.3 Å². The number of fused-ring (bicyclic) bond motifs is 2. The van der Waals surface area contributed by atoms with Gasteiger partial charge < -0.3 is 24.1 Å². The fourth-order valence-electron chi connectivity index (χ4n) is 4.14. The molecule has 12 heteroatoms. The number of carbonyl (C=O) groups excluding carboxylic acids is 3. The number of esters is 1. The minimum Gasteiger partial charge on any atom is -0.494 e. The molecule has 0 unspecified atom stereocenters. The first-order chi connectivity index (χ1) is 17.9. The van der Waals surface area contributed by atoms with Gasteiger partial charge in [-0.2, -0.15) is 4.99 Å². The van der Waals surface area contributed by atoms with Gasteiger partial charge in [0, 0.05) is 18.5 Å². The molecule has 0 atom stereocenters. The van der Waals surface area contributed by atoms with Gasteiger partial charge in [0.15, 0.2) is 4.80 Å². The molecule has 1 N–H and O–H groups in total. The van der Waals surface area contributed by atoms with Crippen LogP contribution < -0.4 is 14.9 Å². The molecular formula is C25H29N3O6S3.